The fraction of sp³-hybridized carbons (Fsp3) is 0.300. The van der Waals surface area contributed by atoms with Crippen LogP contribution in [-0.2, 0) is 12.7 Å². The van der Waals surface area contributed by atoms with Crippen molar-refractivity contribution in [1.82, 2.24) is 14.9 Å². The quantitative estimate of drug-likeness (QED) is 0.748. The Bertz CT molecular complexity index is 1040. The highest BCUT2D eigenvalue weighted by Gasteiger charge is 2.35. The number of hydrogen-bond donors (Lipinski definition) is 1. The van der Waals surface area contributed by atoms with E-state index in [1.54, 1.807) is 0 Å². The number of aromatic nitrogens is 2. The normalized spacial score (nSPS) is 17.9. The SMILES string of the molecule is C[C@H](NC1CCn2c1nc1cccc(C(F)(F)F)c1c2=O)c1ccccc1. The summed E-state index contributed by atoms with van der Waals surface area (Å²) in [4.78, 5) is 17.2. The highest BCUT2D eigenvalue weighted by Crippen LogP contribution is 2.34. The van der Waals surface area contributed by atoms with Gasteiger partial charge < -0.3 is 5.32 Å². The van der Waals surface area contributed by atoms with Crippen LogP contribution in [0, 0.1) is 0 Å². The van der Waals surface area contributed by atoms with E-state index in [-0.39, 0.29) is 23.0 Å². The standard InChI is InChI=1S/C20H18F3N3O/c1-12(13-6-3-2-4-7-13)24-16-10-11-26-18(16)25-15-9-5-8-14(20(21,22)23)17(15)19(26)27/h2-9,12,16,24H,10-11H2,1H3/t12-,16?/m0/s1. The van der Waals surface area contributed by atoms with Gasteiger partial charge in [0.1, 0.15) is 5.82 Å². The first-order valence-electron chi connectivity index (χ1n) is 8.78. The Morgan fingerprint density at radius 2 is 1.89 bits per heavy atom. The lowest BCUT2D eigenvalue weighted by Crippen LogP contribution is -2.28. The van der Waals surface area contributed by atoms with E-state index in [1.165, 1.54) is 16.7 Å². The molecule has 1 unspecified atom stereocenters. The molecular formula is C20H18F3N3O. The third-order valence-electron chi connectivity index (χ3n) is 5.02. The Labute approximate surface area is 153 Å². The van der Waals surface area contributed by atoms with Gasteiger partial charge in [0.2, 0.25) is 0 Å². The highest BCUT2D eigenvalue weighted by atomic mass is 19.4. The zero-order chi connectivity index (χ0) is 19.2. The Morgan fingerprint density at radius 3 is 2.59 bits per heavy atom. The van der Waals surface area contributed by atoms with Crippen LogP contribution < -0.4 is 10.9 Å². The van der Waals surface area contributed by atoms with E-state index in [9.17, 15) is 18.0 Å². The lowest BCUT2D eigenvalue weighted by Gasteiger charge is -2.20. The first kappa shape index (κ1) is 17.7. The predicted octanol–water partition coefficient (Wildman–Crippen LogP) is 4.21. The first-order valence-corrected chi connectivity index (χ1v) is 8.78. The Balaban J connectivity index is 1.75. The molecule has 0 spiro atoms. The van der Waals surface area contributed by atoms with Gasteiger partial charge in [-0.1, -0.05) is 36.4 Å². The Hall–Kier alpha value is -2.67. The summed E-state index contributed by atoms with van der Waals surface area (Å²) in [6.07, 6.45) is -3.98. The molecule has 0 radical (unpaired) electrons. The van der Waals surface area contributed by atoms with Crippen LogP contribution in [0.25, 0.3) is 10.9 Å². The average molecular weight is 373 g/mol. The van der Waals surface area contributed by atoms with Crippen LogP contribution in [0.2, 0.25) is 0 Å². The summed E-state index contributed by atoms with van der Waals surface area (Å²) in [6, 6.07) is 13.4. The van der Waals surface area contributed by atoms with Crippen LogP contribution in [0.15, 0.2) is 53.3 Å². The second-order valence-corrected chi connectivity index (χ2v) is 6.76. The second kappa shape index (κ2) is 6.49. The van der Waals surface area contributed by atoms with E-state index in [0.29, 0.717) is 18.8 Å². The second-order valence-electron chi connectivity index (χ2n) is 6.76. The van der Waals surface area contributed by atoms with Crippen molar-refractivity contribution in [2.45, 2.75) is 38.1 Å². The molecular weight excluding hydrogens is 355 g/mol. The van der Waals surface area contributed by atoms with Crippen molar-refractivity contribution in [2.75, 3.05) is 0 Å². The fourth-order valence-electron chi connectivity index (χ4n) is 3.68. The van der Waals surface area contributed by atoms with Gasteiger partial charge in [-0.05, 0) is 31.0 Å². The molecule has 1 aromatic heterocycles. The van der Waals surface area contributed by atoms with Crippen molar-refractivity contribution >= 4 is 10.9 Å². The molecule has 27 heavy (non-hydrogen) atoms. The maximum atomic E-state index is 13.3. The molecule has 0 aliphatic carbocycles. The molecule has 0 saturated carbocycles. The number of hydrogen-bond acceptors (Lipinski definition) is 3. The summed E-state index contributed by atoms with van der Waals surface area (Å²) in [5.74, 6) is 0.495. The van der Waals surface area contributed by atoms with E-state index >= 15 is 0 Å². The molecule has 4 nitrogen and oxygen atoms in total. The summed E-state index contributed by atoms with van der Waals surface area (Å²) in [5, 5.41) is 3.09. The van der Waals surface area contributed by atoms with Crippen molar-refractivity contribution < 1.29 is 13.2 Å². The number of halogens is 3. The van der Waals surface area contributed by atoms with Gasteiger partial charge in [-0.15, -0.1) is 0 Å². The Kier molecular flexibility index (Phi) is 4.26. The van der Waals surface area contributed by atoms with Gasteiger partial charge in [0.25, 0.3) is 5.56 Å². The van der Waals surface area contributed by atoms with Gasteiger partial charge in [-0.25, -0.2) is 4.98 Å². The van der Waals surface area contributed by atoms with Gasteiger partial charge in [-0.3, -0.25) is 9.36 Å². The third kappa shape index (κ3) is 3.12. The van der Waals surface area contributed by atoms with E-state index < -0.39 is 17.3 Å². The molecule has 1 aliphatic rings. The van der Waals surface area contributed by atoms with Crippen LogP contribution in [0.3, 0.4) is 0 Å². The summed E-state index contributed by atoms with van der Waals surface area (Å²) < 4.78 is 41.3. The zero-order valence-corrected chi connectivity index (χ0v) is 14.6. The third-order valence-corrected chi connectivity index (χ3v) is 5.02. The fourth-order valence-corrected chi connectivity index (χ4v) is 3.68. The number of fused-ring (bicyclic) bond motifs is 2. The lowest BCUT2D eigenvalue weighted by molar-refractivity contribution is -0.136. The van der Waals surface area contributed by atoms with Crippen molar-refractivity contribution in [2.24, 2.45) is 0 Å². The molecule has 1 aliphatic heterocycles. The maximum Gasteiger partial charge on any atom is 0.417 e. The van der Waals surface area contributed by atoms with Crippen molar-refractivity contribution in [3.8, 4) is 0 Å². The summed E-state index contributed by atoms with van der Waals surface area (Å²) >= 11 is 0. The van der Waals surface area contributed by atoms with Crippen molar-refractivity contribution in [3.63, 3.8) is 0 Å². The topological polar surface area (TPSA) is 46.9 Å². The predicted molar refractivity (Wildman–Crippen MR) is 96.4 cm³/mol. The van der Waals surface area contributed by atoms with Crippen LogP contribution in [0.4, 0.5) is 13.2 Å². The molecule has 0 bridgehead atoms. The molecule has 7 heteroatoms. The monoisotopic (exact) mass is 373 g/mol. The number of rotatable bonds is 3. The van der Waals surface area contributed by atoms with Crippen LogP contribution in [0.1, 0.15) is 42.4 Å². The molecule has 0 saturated heterocycles. The average Bonchev–Trinajstić information content (AvgIpc) is 3.04. The molecule has 2 heterocycles. The van der Waals surface area contributed by atoms with Gasteiger partial charge in [0, 0.05) is 12.6 Å². The molecule has 1 N–H and O–H groups in total. The van der Waals surface area contributed by atoms with Crippen molar-refractivity contribution in [1.29, 1.82) is 0 Å². The summed E-state index contributed by atoms with van der Waals surface area (Å²) in [6.45, 7) is 2.36. The molecule has 3 aromatic rings. The minimum atomic E-state index is -4.59. The van der Waals surface area contributed by atoms with Gasteiger partial charge in [-0.2, -0.15) is 13.2 Å². The highest BCUT2D eigenvalue weighted by molar-refractivity contribution is 5.82. The van der Waals surface area contributed by atoms with E-state index in [0.717, 1.165) is 11.6 Å². The van der Waals surface area contributed by atoms with E-state index in [1.807, 2.05) is 37.3 Å². The van der Waals surface area contributed by atoms with E-state index in [4.69, 9.17) is 0 Å². The van der Waals surface area contributed by atoms with Crippen LogP contribution in [-0.4, -0.2) is 9.55 Å². The molecule has 2 atom stereocenters. The molecule has 2 aromatic carbocycles. The van der Waals surface area contributed by atoms with E-state index in [2.05, 4.69) is 10.3 Å². The number of benzene rings is 2. The maximum absolute atomic E-state index is 13.3. The molecule has 4 rings (SSSR count). The number of nitrogens with one attached hydrogen (secondary N) is 1. The van der Waals surface area contributed by atoms with Crippen LogP contribution in [0.5, 0.6) is 0 Å². The van der Waals surface area contributed by atoms with Gasteiger partial charge in [0.05, 0.1) is 22.5 Å². The summed E-state index contributed by atoms with van der Waals surface area (Å²) in [7, 11) is 0. The first-order chi connectivity index (χ1) is 12.9. The van der Waals surface area contributed by atoms with Crippen LogP contribution >= 0.6 is 0 Å². The largest absolute Gasteiger partial charge is 0.417 e. The smallest absolute Gasteiger partial charge is 0.301 e. The van der Waals surface area contributed by atoms with Crippen molar-refractivity contribution in [3.05, 3.63) is 75.8 Å². The van der Waals surface area contributed by atoms with Gasteiger partial charge in [0.15, 0.2) is 0 Å². The summed E-state index contributed by atoms with van der Waals surface area (Å²) in [5.41, 5.74) is -0.373. The molecule has 0 fully saturated rings. The minimum absolute atomic E-state index is 0.0249. The zero-order valence-electron chi connectivity index (χ0n) is 14.6. The number of nitrogens with zero attached hydrogens (tertiary/aromatic N) is 2. The molecule has 140 valence electrons. The molecule has 0 amide bonds. The number of alkyl halides is 3. The van der Waals surface area contributed by atoms with Gasteiger partial charge >= 0.3 is 6.18 Å². The lowest BCUT2D eigenvalue weighted by atomic mass is 10.1. The Morgan fingerprint density at radius 1 is 1.15 bits per heavy atom. The minimum Gasteiger partial charge on any atom is -0.301 e.